The van der Waals surface area contributed by atoms with Crippen molar-refractivity contribution < 1.29 is 0 Å². The molecule has 0 unspecified atom stereocenters. The predicted molar refractivity (Wildman–Crippen MR) is 87.6 cm³/mol. The predicted octanol–water partition coefficient (Wildman–Crippen LogP) is 5.70. The quantitative estimate of drug-likeness (QED) is 0.717. The minimum atomic E-state index is 0.834. The molecule has 1 saturated carbocycles. The van der Waals surface area contributed by atoms with Gasteiger partial charge in [0.25, 0.3) is 0 Å². The number of benzene rings is 2. The second-order valence-electron chi connectivity index (χ2n) is 4.99. The molecule has 0 atom stereocenters. The maximum Gasteiger partial charge on any atom is 0.0498 e. The smallest absolute Gasteiger partial charge is 0.0498 e. The van der Waals surface area contributed by atoms with E-state index >= 15 is 0 Å². The highest BCUT2D eigenvalue weighted by atomic mass is 79.9. The second kappa shape index (κ2) is 5.68. The van der Waals surface area contributed by atoms with Crippen molar-refractivity contribution in [3.05, 3.63) is 62.5 Å². The molecule has 1 nitrogen and oxygen atoms in total. The van der Waals surface area contributed by atoms with E-state index in [0.717, 1.165) is 27.1 Å². The van der Waals surface area contributed by atoms with E-state index in [0.29, 0.717) is 0 Å². The van der Waals surface area contributed by atoms with Crippen LogP contribution in [0.2, 0.25) is 0 Å². The summed E-state index contributed by atoms with van der Waals surface area (Å²) in [6.45, 7) is 0.847. The summed E-state index contributed by atoms with van der Waals surface area (Å²) in [5, 5.41) is 3.46. The Morgan fingerprint density at radius 2 is 1.74 bits per heavy atom. The Hall–Kier alpha value is -0.800. The van der Waals surface area contributed by atoms with Crippen molar-refractivity contribution in [3.63, 3.8) is 0 Å². The van der Waals surface area contributed by atoms with Gasteiger partial charge >= 0.3 is 0 Å². The fraction of sp³-hybridized carbons (Fsp3) is 0.250. The highest BCUT2D eigenvalue weighted by molar-refractivity contribution is 9.11. The molecule has 1 aliphatic rings. The van der Waals surface area contributed by atoms with Gasteiger partial charge in [-0.2, -0.15) is 0 Å². The summed E-state index contributed by atoms with van der Waals surface area (Å²) in [6, 6.07) is 15.2. The van der Waals surface area contributed by atoms with Crippen LogP contribution in [-0.2, 0) is 6.54 Å². The molecule has 2 aromatic rings. The van der Waals surface area contributed by atoms with Crippen molar-refractivity contribution in [2.24, 2.45) is 0 Å². The van der Waals surface area contributed by atoms with E-state index < -0.39 is 0 Å². The van der Waals surface area contributed by atoms with E-state index in [9.17, 15) is 0 Å². The number of hydrogen-bond donors (Lipinski definition) is 1. The largest absolute Gasteiger partial charge is 0.380 e. The van der Waals surface area contributed by atoms with Crippen LogP contribution in [0, 0.1) is 0 Å². The molecule has 19 heavy (non-hydrogen) atoms. The van der Waals surface area contributed by atoms with E-state index in [2.05, 4.69) is 67.5 Å². The number of nitrogens with one attached hydrogen (secondary N) is 1. The van der Waals surface area contributed by atoms with Gasteiger partial charge in [-0.15, -0.1) is 0 Å². The molecule has 0 heterocycles. The van der Waals surface area contributed by atoms with Gasteiger partial charge in [0.1, 0.15) is 0 Å². The zero-order valence-corrected chi connectivity index (χ0v) is 13.7. The van der Waals surface area contributed by atoms with Gasteiger partial charge in [-0.3, -0.25) is 0 Å². The Morgan fingerprint density at radius 3 is 2.42 bits per heavy atom. The first-order chi connectivity index (χ1) is 9.22. The molecule has 0 aliphatic heterocycles. The van der Waals surface area contributed by atoms with Crippen LogP contribution in [0.4, 0.5) is 5.69 Å². The van der Waals surface area contributed by atoms with Crippen LogP contribution < -0.4 is 5.32 Å². The van der Waals surface area contributed by atoms with Crippen molar-refractivity contribution in [2.45, 2.75) is 25.3 Å². The lowest BCUT2D eigenvalue weighted by Crippen LogP contribution is -2.00. The van der Waals surface area contributed by atoms with Crippen LogP contribution in [0.15, 0.2) is 51.4 Å². The van der Waals surface area contributed by atoms with Gasteiger partial charge < -0.3 is 5.32 Å². The van der Waals surface area contributed by atoms with Gasteiger partial charge in [-0.1, -0.05) is 40.2 Å². The summed E-state index contributed by atoms with van der Waals surface area (Å²) < 4.78 is 2.17. The summed E-state index contributed by atoms with van der Waals surface area (Å²) in [5.41, 5.74) is 3.92. The maximum atomic E-state index is 3.56. The molecule has 0 saturated heterocycles. The SMILES string of the molecule is Brc1ccc(Br)c(NCc2ccc(C3CC3)cc2)c1. The number of rotatable bonds is 4. The highest BCUT2D eigenvalue weighted by Crippen LogP contribution is 2.39. The fourth-order valence-electron chi connectivity index (χ4n) is 2.15. The lowest BCUT2D eigenvalue weighted by molar-refractivity contribution is 1.10. The first kappa shape index (κ1) is 13.2. The molecule has 1 aliphatic carbocycles. The normalized spacial score (nSPS) is 14.4. The van der Waals surface area contributed by atoms with Gasteiger partial charge in [-0.25, -0.2) is 0 Å². The summed E-state index contributed by atoms with van der Waals surface area (Å²) >= 11 is 7.05. The first-order valence-electron chi connectivity index (χ1n) is 6.50. The van der Waals surface area contributed by atoms with Crippen LogP contribution in [0.5, 0.6) is 0 Å². The van der Waals surface area contributed by atoms with E-state index in [1.807, 2.05) is 12.1 Å². The summed E-state index contributed by atoms with van der Waals surface area (Å²) in [6.07, 6.45) is 2.73. The minimum absolute atomic E-state index is 0.834. The molecule has 0 bridgehead atoms. The average molecular weight is 381 g/mol. The topological polar surface area (TPSA) is 12.0 Å². The van der Waals surface area contributed by atoms with E-state index in [1.165, 1.54) is 24.0 Å². The highest BCUT2D eigenvalue weighted by Gasteiger charge is 2.22. The molecule has 0 aromatic heterocycles. The molecule has 1 N–H and O–H groups in total. The van der Waals surface area contributed by atoms with Gasteiger partial charge in [0.15, 0.2) is 0 Å². The van der Waals surface area contributed by atoms with E-state index in [4.69, 9.17) is 0 Å². The Morgan fingerprint density at radius 1 is 1.00 bits per heavy atom. The Bertz CT molecular complexity index is 574. The minimum Gasteiger partial charge on any atom is -0.380 e. The number of anilines is 1. The standard InChI is InChI=1S/C16H15Br2N/c17-14-7-8-15(18)16(9-14)19-10-11-1-3-12(4-2-11)13-5-6-13/h1-4,7-9,13,19H,5-6,10H2. The Labute approximate surface area is 130 Å². The van der Waals surface area contributed by atoms with E-state index in [1.54, 1.807) is 0 Å². The maximum absolute atomic E-state index is 3.56. The van der Waals surface area contributed by atoms with Crippen LogP contribution in [-0.4, -0.2) is 0 Å². The second-order valence-corrected chi connectivity index (χ2v) is 6.76. The van der Waals surface area contributed by atoms with Crippen LogP contribution in [0.25, 0.3) is 0 Å². The Balaban J connectivity index is 1.66. The van der Waals surface area contributed by atoms with Crippen molar-refractivity contribution in [3.8, 4) is 0 Å². The van der Waals surface area contributed by atoms with Gasteiger partial charge in [0, 0.05) is 21.2 Å². The molecule has 1 fully saturated rings. The molecule has 0 amide bonds. The lowest BCUT2D eigenvalue weighted by atomic mass is 10.1. The van der Waals surface area contributed by atoms with Gasteiger partial charge in [-0.05, 0) is 64.0 Å². The number of hydrogen-bond acceptors (Lipinski definition) is 1. The Kier molecular flexibility index (Phi) is 3.94. The molecule has 3 heteroatoms. The third-order valence-electron chi connectivity index (χ3n) is 3.44. The molecular formula is C16H15Br2N. The molecule has 3 rings (SSSR count). The van der Waals surface area contributed by atoms with E-state index in [-0.39, 0.29) is 0 Å². The van der Waals surface area contributed by atoms with Gasteiger partial charge in [0.2, 0.25) is 0 Å². The third-order valence-corrected chi connectivity index (χ3v) is 4.62. The number of halogens is 2. The van der Waals surface area contributed by atoms with Crippen LogP contribution in [0.1, 0.15) is 29.9 Å². The van der Waals surface area contributed by atoms with Crippen molar-refractivity contribution in [1.29, 1.82) is 0 Å². The molecule has 0 spiro atoms. The summed E-state index contributed by atoms with van der Waals surface area (Å²) in [4.78, 5) is 0. The fourth-order valence-corrected chi connectivity index (χ4v) is 2.90. The van der Waals surface area contributed by atoms with Crippen molar-refractivity contribution >= 4 is 37.5 Å². The first-order valence-corrected chi connectivity index (χ1v) is 8.09. The zero-order chi connectivity index (χ0) is 13.2. The molecule has 0 radical (unpaired) electrons. The summed E-state index contributed by atoms with van der Waals surface area (Å²) in [7, 11) is 0. The van der Waals surface area contributed by atoms with Crippen molar-refractivity contribution in [1.82, 2.24) is 0 Å². The third kappa shape index (κ3) is 3.40. The molecule has 98 valence electrons. The van der Waals surface area contributed by atoms with Crippen molar-refractivity contribution in [2.75, 3.05) is 5.32 Å². The lowest BCUT2D eigenvalue weighted by Gasteiger charge is -2.09. The van der Waals surface area contributed by atoms with Crippen LogP contribution in [0.3, 0.4) is 0 Å². The molecule has 2 aromatic carbocycles. The van der Waals surface area contributed by atoms with Gasteiger partial charge in [0.05, 0.1) is 0 Å². The zero-order valence-electron chi connectivity index (χ0n) is 10.5. The average Bonchev–Trinajstić information content (AvgIpc) is 3.25. The van der Waals surface area contributed by atoms with Crippen LogP contribution >= 0.6 is 31.9 Å². The monoisotopic (exact) mass is 379 g/mol. The summed E-state index contributed by atoms with van der Waals surface area (Å²) in [5.74, 6) is 0.834. The molecular weight excluding hydrogens is 366 g/mol.